The molecule has 1 aromatic heterocycles. The molecule has 1 atom stereocenters. The number of hydrogen-bond acceptors (Lipinski definition) is 6. The van der Waals surface area contributed by atoms with Gasteiger partial charge in [-0.1, -0.05) is 0 Å². The van der Waals surface area contributed by atoms with Crippen LogP contribution in [0, 0.1) is 18.7 Å². The molecule has 0 saturated carbocycles. The number of halogens is 1. The Hall–Kier alpha value is -3.23. The Morgan fingerprint density at radius 2 is 1.88 bits per heavy atom. The van der Waals surface area contributed by atoms with Gasteiger partial charge >= 0.3 is 0 Å². The van der Waals surface area contributed by atoms with Gasteiger partial charge in [-0.25, -0.2) is 14.4 Å². The zero-order valence-corrected chi connectivity index (χ0v) is 18.3. The van der Waals surface area contributed by atoms with Crippen molar-refractivity contribution in [1.82, 2.24) is 15.3 Å². The van der Waals surface area contributed by atoms with Crippen molar-refractivity contribution >= 4 is 29.1 Å². The number of nitrogens with one attached hydrogen (secondary N) is 2. The quantitative estimate of drug-likeness (QED) is 0.643. The van der Waals surface area contributed by atoms with Gasteiger partial charge in [-0.2, -0.15) is 0 Å². The first-order valence-electron chi connectivity index (χ1n) is 11.2. The first-order chi connectivity index (χ1) is 15.5. The van der Waals surface area contributed by atoms with Gasteiger partial charge in [0.2, 0.25) is 11.8 Å². The molecular weight excluding hydrogens is 411 g/mol. The Labute approximate surface area is 187 Å². The van der Waals surface area contributed by atoms with E-state index < -0.39 is 5.92 Å². The monoisotopic (exact) mass is 440 g/mol. The number of hydrogen-bond donors (Lipinski definition) is 2. The van der Waals surface area contributed by atoms with Crippen LogP contribution < -0.4 is 20.4 Å². The Bertz CT molecular complexity index is 961. The maximum absolute atomic E-state index is 13.1. The molecule has 2 amide bonds. The van der Waals surface area contributed by atoms with Gasteiger partial charge in [0, 0.05) is 50.9 Å². The van der Waals surface area contributed by atoms with E-state index in [9.17, 15) is 14.0 Å². The molecule has 1 aromatic carbocycles. The summed E-state index contributed by atoms with van der Waals surface area (Å²) in [6.45, 7) is 5.15. The van der Waals surface area contributed by atoms with Crippen LogP contribution in [0.3, 0.4) is 0 Å². The van der Waals surface area contributed by atoms with E-state index >= 15 is 0 Å². The first-order valence-corrected chi connectivity index (χ1v) is 11.2. The fourth-order valence-electron chi connectivity index (χ4n) is 4.20. The van der Waals surface area contributed by atoms with Crippen molar-refractivity contribution in [3.05, 3.63) is 42.0 Å². The number of benzene rings is 1. The highest BCUT2D eigenvalue weighted by Gasteiger charge is 2.34. The number of aromatic nitrogens is 2. The van der Waals surface area contributed by atoms with Crippen LogP contribution in [0.15, 0.2) is 30.3 Å². The normalized spacial score (nSPS) is 18.7. The average Bonchev–Trinajstić information content (AvgIpc) is 3.19. The fourth-order valence-corrected chi connectivity index (χ4v) is 4.20. The Morgan fingerprint density at radius 3 is 2.62 bits per heavy atom. The molecule has 9 heteroatoms. The molecule has 2 N–H and O–H groups in total. The molecule has 4 rings (SSSR count). The van der Waals surface area contributed by atoms with Crippen molar-refractivity contribution in [1.29, 1.82) is 0 Å². The SMILES string of the molecule is Cc1nc(NCCNC(=O)C2CC(=O)N(c3ccc(F)cc3)C2)cc(N2CCCCC2)n1. The van der Waals surface area contributed by atoms with E-state index in [-0.39, 0.29) is 24.1 Å². The summed E-state index contributed by atoms with van der Waals surface area (Å²) in [6.07, 6.45) is 3.78. The van der Waals surface area contributed by atoms with Crippen molar-refractivity contribution < 1.29 is 14.0 Å². The average molecular weight is 441 g/mol. The number of rotatable bonds is 7. The van der Waals surface area contributed by atoms with Crippen LogP contribution in [-0.2, 0) is 9.59 Å². The highest BCUT2D eigenvalue weighted by atomic mass is 19.1. The molecule has 3 heterocycles. The molecule has 1 unspecified atom stereocenters. The third kappa shape index (κ3) is 5.33. The van der Waals surface area contributed by atoms with E-state index in [1.54, 1.807) is 12.1 Å². The van der Waals surface area contributed by atoms with E-state index in [0.29, 0.717) is 31.1 Å². The second-order valence-corrected chi connectivity index (χ2v) is 8.31. The minimum Gasteiger partial charge on any atom is -0.368 e. The molecule has 0 spiro atoms. The van der Waals surface area contributed by atoms with Crippen molar-refractivity contribution in [2.45, 2.75) is 32.6 Å². The molecule has 2 aliphatic rings. The van der Waals surface area contributed by atoms with E-state index in [0.717, 1.165) is 24.7 Å². The Kier molecular flexibility index (Phi) is 6.82. The molecule has 0 bridgehead atoms. The highest BCUT2D eigenvalue weighted by molar-refractivity contribution is 6.00. The molecule has 0 aliphatic carbocycles. The topological polar surface area (TPSA) is 90.5 Å². The summed E-state index contributed by atoms with van der Waals surface area (Å²) in [7, 11) is 0. The number of amides is 2. The predicted molar refractivity (Wildman–Crippen MR) is 121 cm³/mol. The summed E-state index contributed by atoms with van der Waals surface area (Å²) in [4.78, 5) is 37.7. The fraction of sp³-hybridized carbons (Fsp3) is 0.478. The number of carbonyl (C=O) groups excluding carboxylic acids is 2. The third-order valence-corrected chi connectivity index (χ3v) is 5.87. The van der Waals surface area contributed by atoms with Crippen LogP contribution in [0.25, 0.3) is 0 Å². The van der Waals surface area contributed by atoms with Gasteiger partial charge in [0.15, 0.2) is 0 Å². The van der Waals surface area contributed by atoms with Crippen LogP contribution in [-0.4, -0.2) is 54.5 Å². The Morgan fingerprint density at radius 1 is 1.12 bits per heavy atom. The van der Waals surface area contributed by atoms with Crippen LogP contribution in [0.2, 0.25) is 0 Å². The lowest BCUT2D eigenvalue weighted by Gasteiger charge is -2.28. The van der Waals surface area contributed by atoms with E-state index in [1.165, 1.54) is 36.3 Å². The van der Waals surface area contributed by atoms with Gasteiger partial charge in [0.1, 0.15) is 23.3 Å². The molecule has 2 fully saturated rings. The highest BCUT2D eigenvalue weighted by Crippen LogP contribution is 2.25. The van der Waals surface area contributed by atoms with Gasteiger partial charge < -0.3 is 20.4 Å². The van der Waals surface area contributed by atoms with Crippen molar-refractivity contribution in [3.63, 3.8) is 0 Å². The lowest BCUT2D eigenvalue weighted by molar-refractivity contribution is -0.126. The lowest BCUT2D eigenvalue weighted by Crippen LogP contribution is -2.35. The van der Waals surface area contributed by atoms with Crippen LogP contribution in [0.4, 0.5) is 21.7 Å². The summed E-state index contributed by atoms with van der Waals surface area (Å²) >= 11 is 0. The molecule has 2 aliphatic heterocycles. The number of aryl methyl sites for hydroxylation is 1. The van der Waals surface area contributed by atoms with Crippen LogP contribution in [0.1, 0.15) is 31.5 Å². The van der Waals surface area contributed by atoms with Gasteiger partial charge in [0.25, 0.3) is 0 Å². The van der Waals surface area contributed by atoms with E-state index in [4.69, 9.17) is 0 Å². The molecule has 32 heavy (non-hydrogen) atoms. The van der Waals surface area contributed by atoms with Gasteiger partial charge in [-0.15, -0.1) is 0 Å². The maximum atomic E-state index is 13.1. The summed E-state index contributed by atoms with van der Waals surface area (Å²) in [5, 5.41) is 6.15. The van der Waals surface area contributed by atoms with E-state index in [2.05, 4.69) is 25.5 Å². The molecule has 2 saturated heterocycles. The predicted octanol–water partition coefficient (Wildman–Crippen LogP) is 2.50. The minimum absolute atomic E-state index is 0.128. The zero-order valence-electron chi connectivity index (χ0n) is 18.3. The second kappa shape index (κ2) is 9.93. The molecule has 8 nitrogen and oxygen atoms in total. The minimum atomic E-state index is -0.417. The van der Waals surface area contributed by atoms with Gasteiger partial charge in [-0.3, -0.25) is 9.59 Å². The molecule has 0 radical (unpaired) electrons. The number of anilines is 3. The van der Waals surface area contributed by atoms with Crippen molar-refractivity contribution in [2.75, 3.05) is 47.8 Å². The third-order valence-electron chi connectivity index (χ3n) is 5.87. The van der Waals surface area contributed by atoms with Crippen LogP contribution in [0.5, 0.6) is 0 Å². The second-order valence-electron chi connectivity index (χ2n) is 8.31. The van der Waals surface area contributed by atoms with E-state index in [1.807, 2.05) is 13.0 Å². The zero-order chi connectivity index (χ0) is 22.5. The molecular formula is C23H29FN6O2. The van der Waals surface area contributed by atoms with Gasteiger partial charge in [0.05, 0.1) is 5.92 Å². The summed E-state index contributed by atoms with van der Waals surface area (Å²) in [5.41, 5.74) is 0.608. The summed E-state index contributed by atoms with van der Waals surface area (Å²) in [6, 6.07) is 7.69. The molecule has 170 valence electrons. The largest absolute Gasteiger partial charge is 0.368 e. The maximum Gasteiger partial charge on any atom is 0.227 e. The number of carbonyl (C=O) groups is 2. The Balaban J connectivity index is 1.25. The van der Waals surface area contributed by atoms with Gasteiger partial charge in [-0.05, 0) is 50.5 Å². The summed E-state index contributed by atoms with van der Waals surface area (Å²) in [5.74, 6) is 1.34. The number of piperidine rings is 1. The van der Waals surface area contributed by atoms with Crippen molar-refractivity contribution in [3.8, 4) is 0 Å². The lowest BCUT2D eigenvalue weighted by atomic mass is 10.1. The first kappa shape index (κ1) is 22.0. The van der Waals surface area contributed by atoms with Crippen LogP contribution >= 0.6 is 0 Å². The van der Waals surface area contributed by atoms with Crippen molar-refractivity contribution in [2.24, 2.45) is 5.92 Å². The molecule has 2 aromatic rings. The summed E-state index contributed by atoms with van der Waals surface area (Å²) < 4.78 is 13.1. The number of nitrogens with zero attached hydrogens (tertiary/aromatic N) is 4. The standard InChI is InChI=1S/C23H29FN6O2/c1-16-27-20(14-21(28-16)29-11-3-2-4-12-29)25-9-10-26-23(32)17-13-22(31)30(15-17)19-7-5-18(24)6-8-19/h5-8,14,17H,2-4,9-13,15H2,1H3,(H,26,32)(H,25,27,28). The smallest absolute Gasteiger partial charge is 0.227 e.